The minimum Gasteiger partial charge on any atom is -0.378 e. The number of carbonyl (C=O) groups excluding carboxylic acids is 1. The van der Waals surface area contributed by atoms with E-state index in [2.05, 4.69) is 16.8 Å². The van der Waals surface area contributed by atoms with Crippen molar-refractivity contribution in [2.75, 3.05) is 44.3 Å². The van der Waals surface area contributed by atoms with Gasteiger partial charge in [-0.15, -0.1) is 0 Å². The second-order valence-corrected chi connectivity index (χ2v) is 6.03. The summed E-state index contributed by atoms with van der Waals surface area (Å²) < 4.78 is 5.30. The Morgan fingerprint density at radius 3 is 2.86 bits per heavy atom. The number of rotatable bonds is 2. The summed E-state index contributed by atoms with van der Waals surface area (Å²) in [6, 6.07) is 1.99. The molecule has 3 rings (SSSR count). The molecule has 5 heteroatoms. The first kappa shape index (κ1) is 14.3. The van der Waals surface area contributed by atoms with E-state index in [-0.39, 0.29) is 5.91 Å². The predicted molar refractivity (Wildman–Crippen MR) is 81.6 cm³/mol. The molecule has 0 spiro atoms. The summed E-state index contributed by atoms with van der Waals surface area (Å²) in [6.07, 6.45) is 6.04. The zero-order valence-corrected chi connectivity index (χ0v) is 12.6. The molecule has 1 amide bonds. The zero-order chi connectivity index (χ0) is 14.7. The zero-order valence-electron chi connectivity index (χ0n) is 12.6. The van der Waals surface area contributed by atoms with Crippen LogP contribution in [0.3, 0.4) is 0 Å². The third kappa shape index (κ3) is 3.35. The molecule has 0 N–H and O–H groups in total. The lowest BCUT2D eigenvalue weighted by atomic mass is 10.00. The molecule has 1 aromatic heterocycles. The number of morpholine rings is 1. The van der Waals surface area contributed by atoms with Crippen LogP contribution in [0.2, 0.25) is 0 Å². The van der Waals surface area contributed by atoms with E-state index in [0.717, 1.165) is 18.8 Å². The normalized spacial score (nSPS) is 23.2. The number of amides is 1. The van der Waals surface area contributed by atoms with Crippen molar-refractivity contribution < 1.29 is 9.53 Å². The van der Waals surface area contributed by atoms with Gasteiger partial charge in [0.05, 0.1) is 30.7 Å². The van der Waals surface area contributed by atoms with Crippen molar-refractivity contribution in [3.8, 4) is 0 Å². The summed E-state index contributed by atoms with van der Waals surface area (Å²) in [6.45, 7) is 6.99. The summed E-state index contributed by atoms with van der Waals surface area (Å²) in [7, 11) is 0. The van der Waals surface area contributed by atoms with Gasteiger partial charge in [0.2, 0.25) is 0 Å². The molecule has 2 fully saturated rings. The number of hydrogen-bond donors (Lipinski definition) is 0. The van der Waals surface area contributed by atoms with Crippen LogP contribution in [-0.4, -0.2) is 55.2 Å². The van der Waals surface area contributed by atoms with Crippen molar-refractivity contribution in [3.63, 3.8) is 0 Å². The largest absolute Gasteiger partial charge is 0.378 e. The van der Waals surface area contributed by atoms with Crippen molar-refractivity contribution in [1.29, 1.82) is 0 Å². The van der Waals surface area contributed by atoms with Crippen LogP contribution in [0.15, 0.2) is 18.5 Å². The summed E-state index contributed by atoms with van der Waals surface area (Å²) in [5.74, 6) is 0.773. The molecular weight excluding hydrogens is 266 g/mol. The average Bonchev–Trinajstić information content (AvgIpc) is 2.55. The minimum absolute atomic E-state index is 0.0673. The molecule has 1 unspecified atom stereocenters. The molecule has 0 aromatic carbocycles. The van der Waals surface area contributed by atoms with Crippen LogP contribution >= 0.6 is 0 Å². The molecule has 114 valence electrons. The van der Waals surface area contributed by atoms with E-state index >= 15 is 0 Å². The average molecular weight is 289 g/mol. The molecule has 1 aromatic rings. The van der Waals surface area contributed by atoms with Crippen LogP contribution in [0.4, 0.5) is 5.69 Å². The van der Waals surface area contributed by atoms with Gasteiger partial charge in [0, 0.05) is 32.4 Å². The number of carbonyl (C=O) groups is 1. The smallest absolute Gasteiger partial charge is 0.255 e. The van der Waals surface area contributed by atoms with E-state index in [1.54, 1.807) is 6.20 Å². The number of piperidine rings is 1. The molecule has 1 atom stereocenters. The molecule has 0 saturated carbocycles. The summed E-state index contributed by atoms with van der Waals surface area (Å²) in [5, 5.41) is 0. The van der Waals surface area contributed by atoms with Crippen molar-refractivity contribution in [2.45, 2.75) is 19.8 Å². The van der Waals surface area contributed by atoms with Crippen molar-refractivity contribution in [2.24, 2.45) is 5.92 Å². The van der Waals surface area contributed by atoms with Crippen LogP contribution in [0, 0.1) is 5.92 Å². The minimum atomic E-state index is 0.0673. The van der Waals surface area contributed by atoms with E-state index in [1.807, 2.05) is 17.2 Å². The Labute approximate surface area is 125 Å². The van der Waals surface area contributed by atoms with Crippen LogP contribution in [0.25, 0.3) is 0 Å². The highest BCUT2D eigenvalue weighted by atomic mass is 16.5. The first-order valence-electron chi connectivity index (χ1n) is 7.81. The van der Waals surface area contributed by atoms with Gasteiger partial charge in [-0.05, 0) is 24.8 Å². The number of anilines is 1. The number of hydrogen-bond acceptors (Lipinski definition) is 4. The molecule has 3 heterocycles. The first-order chi connectivity index (χ1) is 10.2. The molecule has 2 saturated heterocycles. The lowest BCUT2D eigenvalue weighted by Crippen LogP contribution is -2.41. The Balaban J connectivity index is 1.74. The Bertz CT molecular complexity index is 500. The quantitative estimate of drug-likeness (QED) is 0.833. The lowest BCUT2D eigenvalue weighted by Gasteiger charge is -2.33. The van der Waals surface area contributed by atoms with Gasteiger partial charge in [-0.2, -0.15) is 0 Å². The van der Waals surface area contributed by atoms with Gasteiger partial charge in [0.25, 0.3) is 5.91 Å². The molecule has 0 radical (unpaired) electrons. The summed E-state index contributed by atoms with van der Waals surface area (Å²) in [5.41, 5.74) is 1.76. The highest BCUT2D eigenvalue weighted by Crippen LogP contribution is 2.23. The fraction of sp³-hybridized carbons (Fsp3) is 0.625. The Kier molecular flexibility index (Phi) is 4.39. The second-order valence-electron chi connectivity index (χ2n) is 6.03. The highest BCUT2D eigenvalue weighted by molar-refractivity contribution is 5.94. The maximum atomic E-state index is 12.5. The molecule has 2 aliphatic rings. The van der Waals surface area contributed by atoms with Crippen molar-refractivity contribution in [1.82, 2.24) is 9.88 Å². The molecular formula is C16H23N3O2. The Morgan fingerprint density at radius 1 is 1.29 bits per heavy atom. The van der Waals surface area contributed by atoms with Gasteiger partial charge >= 0.3 is 0 Å². The molecule has 5 nitrogen and oxygen atoms in total. The Morgan fingerprint density at radius 2 is 2.10 bits per heavy atom. The van der Waals surface area contributed by atoms with Gasteiger partial charge < -0.3 is 14.5 Å². The molecule has 0 bridgehead atoms. The fourth-order valence-electron chi connectivity index (χ4n) is 3.09. The third-order valence-corrected chi connectivity index (χ3v) is 4.29. The SMILES string of the molecule is CC1CCCN(c2cncc(C(=O)N3CCOCC3)c2)C1. The topological polar surface area (TPSA) is 45.7 Å². The lowest BCUT2D eigenvalue weighted by molar-refractivity contribution is 0.0302. The van der Waals surface area contributed by atoms with E-state index in [0.29, 0.717) is 37.8 Å². The van der Waals surface area contributed by atoms with Crippen molar-refractivity contribution in [3.05, 3.63) is 24.0 Å². The Hall–Kier alpha value is -1.62. The van der Waals surface area contributed by atoms with Crippen LogP contribution < -0.4 is 4.90 Å². The van der Waals surface area contributed by atoms with Crippen LogP contribution in [-0.2, 0) is 4.74 Å². The van der Waals surface area contributed by atoms with Gasteiger partial charge in [0.15, 0.2) is 0 Å². The maximum Gasteiger partial charge on any atom is 0.255 e. The van der Waals surface area contributed by atoms with Gasteiger partial charge in [0.1, 0.15) is 0 Å². The predicted octanol–water partition coefficient (Wildman–Crippen LogP) is 1.79. The molecule has 21 heavy (non-hydrogen) atoms. The van der Waals surface area contributed by atoms with Crippen LogP contribution in [0.5, 0.6) is 0 Å². The van der Waals surface area contributed by atoms with E-state index in [9.17, 15) is 4.79 Å². The summed E-state index contributed by atoms with van der Waals surface area (Å²) >= 11 is 0. The van der Waals surface area contributed by atoms with Gasteiger partial charge in [-0.25, -0.2) is 0 Å². The van der Waals surface area contributed by atoms with E-state index in [4.69, 9.17) is 4.74 Å². The summed E-state index contributed by atoms with van der Waals surface area (Å²) in [4.78, 5) is 21.0. The van der Waals surface area contributed by atoms with Crippen LogP contribution in [0.1, 0.15) is 30.1 Å². The number of nitrogens with zero attached hydrogens (tertiary/aromatic N) is 3. The highest BCUT2D eigenvalue weighted by Gasteiger charge is 2.21. The van der Waals surface area contributed by atoms with Gasteiger partial charge in [-0.3, -0.25) is 9.78 Å². The first-order valence-corrected chi connectivity index (χ1v) is 7.81. The fourth-order valence-corrected chi connectivity index (χ4v) is 3.09. The van der Waals surface area contributed by atoms with E-state index in [1.165, 1.54) is 12.8 Å². The molecule has 0 aliphatic carbocycles. The van der Waals surface area contributed by atoms with E-state index < -0.39 is 0 Å². The number of aromatic nitrogens is 1. The third-order valence-electron chi connectivity index (χ3n) is 4.29. The van der Waals surface area contributed by atoms with Crippen molar-refractivity contribution >= 4 is 11.6 Å². The maximum absolute atomic E-state index is 12.5. The molecule has 2 aliphatic heterocycles. The standard InChI is InChI=1S/C16H23N3O2/c1-13-3-2-4-19(12-13)15-9-14(10-17-11-15)16(20)18-5-7-21-8-6-18/h9-11,13H,2-8,12H2,1H3. The van der Waals surface area contributed by atoms with Gasteiger partial charge in [-0.1, -0.05) is 6.92 Å². The number of pyridine rings is 1. The second kappa shape index (κ2) is 6.43. The number of ether oxygens (including phenoxy) is 1. The monoisotopic (exact) mass is 289 g/mol.